The first-order valence-electron chi connectivity index (χ1n) is 4.33. The largest absolute Gasteiger partial charge is 0.505 e. The van der Waals surface area contributed by atoms with Crippen LogP contribution in [-0.4, -0.2) is 49.0 Å². The minimum Gasteiger partial charge on any atom is -0.450 e. The number of carbonyl (C=O) groups is 2. The molecule has 0 bridgehead atoms. The second kappa shape index (κ2) is 12.5. The van der Waals surface area contributed by atoms with Gasteiger partial charge < -0.3 is 24.4 Å². The highest BCUT2D eigenvalue weighted by molar-refractivity contribution is 5.57. The minimum atomic E-state index is -1.45. The molecule has 0 amide bonds. The van der Waals surface area contributed by atoms with Crippen LogP contribution in [0.3, 0.4) is 0 Å². The van der Waals surface area contributed by atoms with Gasteiger partial charge in [0.05, 0.1) is 0 Å². The lowest BCUT2D eigenvalue weighted by Crippen LogP contribution is -2.10. The van der Waals surface area contributed by atoms with Crippen LogP contribution in [0.25, 0.3) is 0 Å². The van der Waals surface area contributed by atoms with E-state index in [1.165, 1.54) is 0 Å². The van der Waals surface area contributed by atoms with Crippen LogP contribution >= 0.6 is 0 Å². The molecule has 15 heavy (non-hydrogen) atoms. The van der Waals surface area contributed by atoms with Gasteiger partial charge in [-0.1, -0.05) is 0 Å². The molecule has 0 atom stereocenters. The van der Waals surface area contributed by atoms with E-state index in [1.807, 2.05) is 13.8 Å². The molecule has 0 aliphatic heterocycles. The third-order valence-electron chi connectivity index (χ3n) is 0.943. The molecule has 0 radical (unpaired) electrons. The summed E-state index contributed by atoms with van der Waals surface area (Å²) in [5, 5.41) is 15.7. The Morgan fingerprint density at radius 2 is 1.27 bits per heavy atom. The number of rotatable bonds is 5. The molecule has 0 aromatic rings. The van der Waals surface area contributed by atoms with Crippen molar-refractivity contribution in [1.82, 2.24) is 0 Å². The zero-order valence-corrected chi connectivity index (χ0v) is 8.76. The summed E-state index contributed by atoms with van der Waals surface area (Å²) >= 11 is 0. The fourth-order valence-electron chi connectivity index (χ4n) is 0.462. The number of ether oxygens (including phenoxy) is 3. The quantitative estimate of drug-likeness (QED) is 0.537. The summed E-state index contributed by atoms with van der Waals surface area (Å²) in [6.45, 7) is 5.11. The van der Waals surface area contributed by atoms with E-state index >= 15 is 0 Å². The normalized spacial score (nSPS) is 8.40. The maximum Gasteiger partial charge on any atom is 0.505 e. The van der Waals surface area contributed by atoms with Crippen LogP contribution in [0.15, 0.2) is 0 Å². The average molecular weight is 224 g/mol. The number of hydrogen-bond donors (Lipinski definition) is 2. The highest BCUT2D eigenvalue weighted by Gasteiger charge is 1.98. The maximum absolute atomic E-state index is 9.62. The molecule has 90 valence electrons. The Bertz CT molecular complexity index is 150. The monoisotopic (exact) mass is 224 g/mol. The Kier molecular flexibility index (Phi) is 13.3. The zero-order chi connectivity index (χ0) is 12.1. The van der Waals surface area contributed by atoms with Crippen molar-refractivity contribution in [3.8, 4) is 0 Å². The molecule has 2 N–H and O–H groups in total. The van der Waals surface area contributed by atoms with Gasteiger partial charge in [-0.15, -0.1) is 0 Å². The van der Waals surface area contributed by atoms with E-state index in [-0.39, 0.29) is 13.2 Å². The molecular weight excluding hydrogens is 208 g/mol. The lowest BCUT2D eigenvalue weighted by atomic mass is 10.8. The van der Waals surface area contributed by atoms with Crippen molar-refractivity contribution in [2.45, 2.75) is 13.8 Å². The molecule has 0 spiro atoms. The zero-order valence-electron chi connectivity index (χ0n) is 8.76. The smallest absolute Gasteiger partial charge is 0.450 e. The van der Waals surface area contributed by atoms with E-state index in [2.05, 4.69) is 9.47 Å². The summed E-state index contributed by atoms with van der Waals surface area (Å²) in [6.07, 6.45) is -2.90. The van der Waals surface area contributed by atoms with Crippen LogP contribution in [0, 0.1) is 0 Å². The summed E-state index contributed by atoms with van der Waals surface area (Å²) in [5.74, 6) is 0. The van der Waals surface area contributed by atoms with Gasteiger partial charge in [0.1, 0.15) is 13.2 Å². The second-order valence-electron chi connectivity index (χ2n) is 2.01. The van der Waals surface area contributed by atoms with Crippen molar-refractivity contribution >= 4 is 12.3 Å². The van der Waals surface area contributed by atoms with Crippen molar-refractivity contribution in [2.24, 2.45) is 0 Å². The molecule has 0 aliphatic carbocycles. The van der Waals surface area contributed by atoms with Crippen molar-refractivity contribution in [3.63, 3.8) is 0 Å². The Labute approximate surface area is 87.6 Å². The lowest BCUT2D eigenvalue weighted by molar-refractivity contribution is 0.0472. The van der Waals surface area contributed by atoms with Gasteiger partial charge in [0.15, 0.2) is 0 Å². The molecule has 0 aromatic carbocycles. The van der Waals surface area contributed by atoms with Crippen LogP contribution in [0.2, 0.25) is 0 Å². The first-order valence-corrected chi connectivity index (χ1v) is 4.33. The Hall–Kier alpha value is -1.50. The predicted octanol–water partition coefficient (Wildman–Crippen LogP) is 1.42. The Morgan fingerprint density at radius 1 is 0.933 bits per heavy atom. The van der Waals surface area contributed by atoms with Crippen molar-refractivity contribution in [1.29, 1.82) is 0 Å². The van der Waals surface area contributed by atoms with E-state index in [0.29, 0.717) is 0 Å². The van der Waals surface area contributed by atoms with Gasteiger partial charge in [-0.3, -0.25) is 0 Å². The SMILES string of the molecule is CCOCC.O=C(O)OCCOC(=O)O. The van der Waals surface area contributed by atoms with Crippen LogP contribution in [-0.2, 0) is 14.2 Å². The molecule has 0 heterocycles. The Morgan fingerprint density at radius 3 is 1.40 bits per heavy atom. The first-order chi connectivity index (χ1) is 7.04. The summed E-state index contributed by atoms with van der Waals surface area (Å²) in [6, 6.07) is 0. The number of hydrogen-bond acceptors (Lipinski definition) is 5. The van der Waals surface area contributed by atoms with Crippen LogP contribution in [0.1, 0.15) is 13.8 Å². The molecule has 0 unspecified atom stereocenters. The summed E-state index contributed by atoms with van der Waals surface area (Å²) < 4.78 is 12.7. The van der Waals surface area contributed by atoms with Gasteiger partial charge in [-0.05, 0) is 13.8 Å². The summed E-state index contributed by atoms with van der Waals surface area (Å²) in [5.41, 5.74) is 0. The summed E-state index contributed by atoms with van der Waals surface area (Å²) in [7, 11) is 0. The highest BCUT2D eigenvalue weighted by Crippen LogP contribution is 1.79. The number of carboxylic acid groups (broad SMARTS) is 2. The highest BCUT2D eigenvalue weighted by atomic mass is 16.7. The van der Waals surface area contributed by atoms with Crippen LogP contribution < -0.4 is 0 Å². The van der Waals surface area contributed by atoms with Gasteiger partial charge in [0, 0.05) is 13.2 Å². The molecule has 7 nitrogen and oxygen atoms in total. The lowest BCUT2D eigenvalue weighted by Gasteiger charge is -1.98. The van der Waals surface area contributed by atoms with E-state index in [1.54, 1.807) is 0 Å². The van der Waals surface area contributed by atoms with Gasteiger partial charge in [0.25, 0.3) is 0 Å². The van der Waals surface area contributed by atoms with Gasteiger partial charge in [-0.2, -0.15) is 0 Å². The second-order valence-corrected chi connectivity index (χ2v) is 2.01. The molecule has 0 aromatic heterocycles. The average Bonchev–Trinajstić information content (AvgIpc) is 2.14. The molecule has 7 heteroatoms. The van der Waals surface area contributed by atoms with Crippen molar-refractivity contribution in [2.75, 3.05) is 26.4 Å². The van der Waals surface area contributed by atoms with E-state index < -0.39 is 12.3 Å². The van der Waals surface area contributed by atoms with Gasteiger partial charge in [0.2, 0.25) is 0 Å². The fraction of sp³-hybridized carbons (Fsp3) is 0.750. The molecule has 0 aliphatic rings. The van der Waals surface area contributed by atoms with E-state index in [4.69, 9.17) is 14.9 Å². The summed E-state index contributed by atoms with van der Waals surface area (Å²) in [4.78, 5) is 19.2. The molecule has 0 saturated heterocycles. The Balaban J connectivity index is 0. The van der Waals surface area contributed by atoms with Crippen LogP contribution in [0.5, 0.6) is 0 Å². The predicted molar refractivity (Wildman–Crippen MR) is 50.1 cm³/mol. The molecule has 0 fully saturated rings. The van der Waals surface area contributed by atoms with Crippen molar-refractivity contribution in [3.05, 3.63) is 0 Å². The van der Waals surface area contributed by atoms with Crippen molar-refractivity contribution < 1.29 is 34.0 Å². The third kappa shape index (κ3) is 24.5. The standard InChI is InChI=1S/C4H6O6.C4H10O/c5-3(6)9-1-2-10-4(7)8;1-3-5-4-2/h1-2H2,(H,5,6)(H,7,8);3-4H2,1-2H3. The first kappa shape index (κ1) is 15.9. The third-order valence-corrected chi connectivity index (χ3v) is 0.943. The van der Waals surface area contributed by atoms with Gasteiger partial charge in [-0.25, -0.2) is 9.59 Å². The van der Waals surface area contributed by atoms with Crippen LogP contribution in [0.4, 0.5) is 9.59 Å². The molecule has 0 rings (SSSR count). The molecular formula is C8H16O7. The molecule has 0 saturated carbocycles. The van der Waals surface area contributed by atoms with E-state index in [9.17, 15) is 9.59 Å². The van der Waals surface area contributed by atoms with Gasteiger partial charge >= 0.3 is 12.3 Å². The van der Waals surface area contributed by atoms with E-state index in [0.717, 1.165) is 13.2 Å². The maximum atomic E-state index is 9.62. The topological polar surface area (TPSA) is 102 Å². The fourth-order valence-corrected chi connectivity index (χ4v) is 0.462. The minimum absolute atomic E-state index is 0.276.